The first-order valence-electron chi connectivity index (χ1n) is 7.77. The molecule has 1 heterocycles. The summed E-state index contributed by atoms with van der Waals surface area (Å²) in [5.74, 6) is 0.715. The molecular weight excluding hydrogens is 312 g/mol. The van der Waals surface area contributed by atoms with E-state index < -0.39 is 0 Å². The highest BCUT2D eigenvalue weighted by Crippen LogP contribution is 2.18. The highest BCUT2D eigenvalue weighted by Gasteiger charge is 2.23. The van der Waals surface area contributed by atoms with Crippen molar-refractivity contribution in [3.8, 4) is 0 Å². The van der Waals surface area contributed by atoms with Gasteiger partial charge in [-0.2, -0.15) is 0 Å². The maximum absolute atomic E-state index is 3.65. The van der Waals surface area contributed by atoms with Gasteiger partial charge < -0.3 is 5.32 Å². The van der Waals surface area contributed by atoms with Gasteiger partial charge in [0, 0.05) is 23.6 Å². The minimum atomic E-state index is 0.675. The maximum Gasteiger partial charge on any atom is 0.0243 e. The molecule has 0 aliphatic carbocycles. The molecule has 1 aliphatic heterocycles. The van der Waals surface area contributed by atoms with Crippen LogP contribution in [0.3, 0.4) is 0 Å². The van der Waals surface area contributed by atoms with Crippen LogP contribution < -0.4 is 5.32 Å². The fourth-order valence-electron chi connectivity index (χ4n) is 3.04. The molecule has 1 fully saturated rings. The number of hydrogen-bond donors (Lipinski definition) is 1. The molecule has 1 N–H and O–H groups in total. The lowest BCUT2D eigenvalue weighted by molar-refractivity contribution is 0.186. The van der Waals surface area contributed by atoms with Crippen LogP contribution in [-0.2, 0) is 6.54 Å². The van der Waals surface area contributed by atoms with Crippen LogP contribution >= 0.6 is 15.9 Å². The van der Waals surface area contributed by atoms with Gasteiger partial charge in [0.2, 0.25) is 0 Å². The van der Waals surface area contributed by atoms with Crippen LogP contribution in [0.1, 0.15) is 37.8 Å². The molecule has 0 aromatic heterocycles. The molecule has 20 heavy (non-hydrogen) atoms. The lowest BCUT2D eigenvalue weighted by Gasteiger charge is -2.31. The second-order valence-corrected chi connectivity index (χ2v) is 7.12. The Balaban J connectivity index is 1.84. The zero-order valence-corrected chi connectivity index (χ0v) is 14.5. The predicted octanol–water partition coefficient (Wildman–Crippen LogP) is 3.97. The maximum atomic E-state index is 3.65. The topological polar surface area (TPSA) is 15.3 Å². The summed E-state index contributed by atoms with van der Waals surface area (Å²) in [5.41, 5.74) is 2.68. The molecule has 0 spiro atoms. The van der Waals surface area contributed by atoms with E-state index in [0.717, 1.165) is 13.1 Å². The van der Waals surface area contributed by atoms with Crippen molar-refractivity contribution in [3.63, 3.8) is 0 Å². The average molecular weight is 339 g/mol. The molecule has 0 amide bonds. The molecule has 3 heteroatoms. The van der Waals surface area contributed by atoms with Gasteiger partial charge in [0.1, 0.15) is 0 Å². The summed E-state index contributed by atoms with van der Waals surface area (Å²) < 4.78 is 1.19. The van der Waals surface area contributed by atoms with Crippen LogP contribution in [0.5, 0.6) is 0 Å². The van der Waals surface area contributed by atoms with Gasteiger partial charge in [-0.3, -0.25) is 4.90 Å². The Morgan fingerprint density at radius 3 is 2.55 bits per heavy atom. The fourth-order valence-corrected chi connectivity index (χ4v) is 3.29. The summed E-state index contributed by atoms with van der Waals surface area (Å²) in [6.45, 7) is 11.4. The monoisotopic (exact) mass is 338 g/mol. The first-order chi connectivity index (χ1) is 9.58. The number of benzene rings is 1. The van der Waals surface area contributed by atoms with Crippen molar-refractivity contribution in [3.05, 3.63) is 33.8 Å². The minimum Gasteiger partial charge on any atom is -0.311 e. The molecule has 0 saturated carbocycles. The van der Waals surface area contributed by atoms with Crippen molar-refractivity contribution in [1.82, 2.24) is 10.2 Å². The molecule has 2 nitrogen and oxygen atoms in total. The van der Waals surface area contributed by atoms with E-state index >= 15 is 0 Å². The largest absolute Gasteiger partial charge is 0.311 e. The van der Waals surface area contributed by atoms with E-state index in [0.29, 0.717) is 12.0 Å². The number of hydrogen-bond acceptors (Lipinski definition) is 2. The van der Waals surface area contributed by atoms with Gasteiger partial charge in [0.05, 0.1) is 0 Å². The Kier molecular flexibility index (Phi) is 6.06. The first kappa shape index (κ1) is 16.0. The molecule has 112 valence electrons. The highest BCUT2D eigenvalue weighted by molar-refractivity contribution is 9.10. The van der Waals surface area contributed by atoms with Gasteiger partial charge >= 0.3 is 0 Å². The summed E-state index contributed by atoms with van der Waals surface area (Å²) in [7, 11) is 0. The van der Waals surface area contributed by atoms with Crippen LogP contribution in [0.25, 0.3) is 0 Å². The Morgan fingerprint density at radius 2 is 1.95 bits per heavy atom. The second kappa shape index (κ2) is 7.58. The van der Waals surface area contributed by atoms with E-state index in [-0.39, 0.29) is 0 Å². The molecule has 1 aromatic rings. The SMILES string of the molecule is Cc1cc(CNCC(C(C)C)N2CCCC2)ccc1Br. The number of aryl methyl sites for hydroxylation is 1. The van der Waals surface area contributed by atoms with E-state index in [1.807, 2.05) is 0 Å². The molecule has 1 unspecified atom stereocenters. The summed E-state index contributed by atoms with van der Waals surface area (Å²) in [6.07, 6.45) is 2.74. The molecule has 0 bridgehead atoms. The third-order valence-corrected chi connectivity index (χ3v) is 5.17. The number of nitrogens with zero attached hydrogens (tertiary/aromatic N) is 1. The Hall–Kier alpha value is -0.380. The van der Waals surface area contributed by atoms with Crippen molar-refractivity contribution in [2.24, 2.45) is 5.92 Å². The van der Waals surface area contributed by atoms with E-state index in [1.54, 1.807) is 0 Å². The van der Waals surface area contributed by atoms with Crippen molar-refractivity contribution in [2.45, 2.75) is 46.2 Å². The molecular formula is C17H27BrN2. The Labute approximate surface area is 132 Å². The van der Waals surface area contributed by atoms with Crippen LogP contribution in [0.4, 0.5) is 0 Å². The third kappa shape index (κ3) is 4.31. The Morgan fingerprint density at radius 1 is 1.25 bits per heavy atom. The molecule has 1 aliphatic rings. The summed E-state index contributed by atoms with van der Waals surface area (Å²) >= 11 is 3.56. The van der Waals surface area contributed by atoms with E-state index in [2.05, 4.69) is 65.1 Å². The average Bonchev–Trinajstić information content (AvgIpc) is 2.92. The molecule has 0 radical (unpaired) electrons. The van der Waals surface area contributed by atoms with Gasteiger partial charge in [-0.05, 0) is 56.0 Å². The highest BCUT2D eigenvalue weighted by atomic mass is 79.9. The van der Waals surface area contributed by atoms with Gasteiger partial charge in [-0.15, -0.1) is 0 Å². The van der Waals surface area contributed by atoms with Crippen molar-refractivity contribution >= 4 is 15.9 Å². The lowest BCUT2D eigenvalue weighted by atomic mass is 10.0. The van der Waals surface area contributed by atoms with Crippen LogP contribution in [0.15, 0.2) is 22.7 Å². The molecule has 1 atom stereocenters. The van der Waals surface area contributed by atoms with E-state index in [9.17, 15) is 0 Å². The van der Waals surface area contributed by atoms with Crippen molar-refractivity contribution in [1.29, 1.82) is 0 Å². The van der Waals surface area contributed by atoms with Gasteiger partial charge in [-0.1, -0.05) is 41.9 Å². The Bertz CT molecular complexity index is 425. The third-order valence-electron chi connectivity index (χ3n) is 4.28. The van der Waals surface area contributed by atoms with Gasteiger partial charge in [0.15, 0.2) is 0 Å². The standard InChI is InChI=1S/C17H27BrN2/c1-13(2)17(20-8-4-5-9-20)12-19-11-15-6-7-16(18)14(3)10-15/h6-7,10,13,17,19H,4-5,8-9,11-12H2,1-3H3. The second-order valence-electron chi connectivity index (χ2n) is 6.27. The fraction of sp³-hybridized carbons (Fsp3) is 0.647. The summed E-state index contributed by atoms with van der Waals surface area (Å²) in [6, 6.07) is 7.28. The molecule has 1 saturated heterocycles. The van der Waals surface area contributed by atoms with Crippen LogP contribution in [0.2, 0.25) is 0 Å². The first-order valence-corrected chi connectivity index (χ1v) is 8.57. The van der Waals surface area contributed by atoms with Crippen LogP contribution in [0, 0.1) is 12.8 Å². The normalized spacial score (nSPS) is 17.9. The van der Waals surface area contributed by atoms with E-state index in [4.69, 9.17) is 0 Å². The summed E-state index contributed by atoms with van der Waals surface area (Å²) in [5, 5.41) is 3.65. The smallest absolute Gasteiger partial charge is 0.0243 e. The van der Waals surface area contributed by atoms with Crippen molar-refractivity contribution < 1.29 is 0 Å². The number of likely N-dealkylation sites (tertiary alicyclic amines) is 1. The van der Waals surface area contributed by atoms with Gasteiger partial charge in [-0.25, -0.2) is 0 Å². The number of nitrogens with one attached hydrogen (secondary N) is 1. The summed E-state index contributed by atoms with van der Waals surface area (Å²) in [4.78, 5) is 2.66. The number of halogens is 1. The number of rotatable bonds is 6. The van der Waals surface area contributed by atoms with Crippen molar-refractivity contribution in [2.75, 3.05) is 19.6 Å². The van der Waals surface area contributed by atoms with E-state index in [1.165, 1.54) is 41.5 Å². The lowest BCUT2D eigenvalue weighted by Crippen LogP contribution is -2.44. The van der Waals surface area contributed by atoms with Crippen LogP contribution in [-0.4, -0.2) is 30.6 Å². The van der Waals surface area contributed by atoms with Gasteiger partial charge in [0.25, 0.3) is 0 Å². The predicted molar refractivity (Wildman–Crippen MR) is 90.0 cm³/mol. The zero-order chi connectivity index (χ0) is 14.5. The molecule has 2 rings (SSSR count). The quantitative estimate of drug-likeness (QED) is 0.844. The molecule has 1 aromatic carbocycles. The zero-order valence-electron chi connectivity index (χ0n) is 13.0. The minimum absolute atomic E-state index is 0.675.